The van der Waals surface area contributed by atoms with Crippen molar-refractivity contribution in [1.29, 1.82) is 0 Å². The van der Waals surface area contributed by atoms with Crippen LogP contribution in [0.1, 0.15) is 43.5 Å². The van der Waals surface area contributed by atoms with Crippen molar-refractivity contribution in [3.05, 3.63) is 17.3 Å². The molecule has 134 valence electrons. The Balaban J connectivity index is 1.93. The first-order chi connectivity index (χ1) is 11.5. The van der Waals surface area contributed by atoms with Crippen molar-refractivity contribution in [2.45, 2.75) is 46.6 Å². The van der Waals surface area contributed by atoms with E-state index >= 15 is 0 Å². The second-order valence-corrected chi connectivity index (χ2v) is 6.23. The molecule has 0 saturated carbocycles. The van der Waals surface area contributed by atoms with Crippen LogP contribution in [0.3, 0.4) is 0 Å². The Bertz CT molecular complexity index is 554. The number of rotatable bonds is 5. The molecule has 1 aliphatic heterocycles. The third kappa shape index (κ3) is 4.97. The number of likely N-dealkylation sites (tertiary alicyclic amines) is 1. The molecule has 24 heavy (non-hydrogen) atoms. The minimum atomic E-state index is 0.128. The fourth-order valence-corrected chi connectivity index (χ4v) is 2.89. The summed E-state index contributed by atoms with van der Waals surface area (Å²) in [5.41, 5.74) is 0.917. The highest BCUT2D eigenvalue weighted by Crippen LogP contribution is 2.20. The number of nitrogens with zero attached hydrogens (tertiary/aromatic N) is 3. The number of aryl methyl sites for hydroxylation is 2. The molecule has 1 aliphatic rings. The summed E-state index contributed by atoms with van der Waals surface area (Å²) >= 11 is 0. The van der Waals surface area contributed by atoms with Crippen molar-refractivity contribution in [1.82, 2.24) is 20.5 Å². The van der Waals surface area contributed by atoms with Gasteiger partial charge >= 0.3 is 0 Å². The van der Waals surface area contributed by atoms with Gasteiger partial charge in [-0.25, -0.2) is 9.98 Å². The number of hydrogen-bond donors (Lipinski definition) is 2. The highest BCUT2D eigenvalue weighted by molar-refractivity contribution is 5.80. The fourth-order valence-electron chi connectivity index (χ4n) is 2.89. The van der Waals surface area contributed by atoms with Gasteiger partial charge in [0.2, 0.25) is 11.8 Å². The van der Waals surface area contributed by atoms with Gasteiger partial charge in [-0.1, -0.05) is 0 Å². The van der Waals surface area contributed by atoms with Crippen LogP contribution >= 0.6 is 0 Å². The van der Waals surface area contributed by atoms with Crippen LogP contribution in [-0.2, 0) is 11.3 Å². The molecule has 1 fully saturated rings. The number of aromatic nitrogens is 1. The molecule has 0 radical (unpaired) electrons. The molecule has 1 aromatic rings. The highest BCUT2D eigenvalue weighted by Gasteiger charge is 2.23. The molecule has 7 heteroatoms. The van der Waals surface area contributed by atoms with E-state index in [1.165, 1.54) is 0 Å². The minimum absolute atomic E-state index is 0.128. The Labute approximate surface area is 143 Å². The molecule has 2 N–H and O–H groups in total. The molecule has 0 aromatic carbocycles. The number of oxazole rings is 1. The van der Waals surface area contributed by atoms with E-state index in [0.29, 0.717) is 24.8 Å². The molecule has 0 unspecified atom stereocenters. The third-order valence-corrected chi connectivity index (χ3v) is 4.44. The van der Waals surface area contributed by atoms with Crippen molar-refractivity contribution in [3.8, 4) is 0 Å². The maximum Gasteiger partial charge on any atom is 0.220 e. The number of nitrogens with one attached hydrogen (secondary N) is 2. The van der Waals surface area contributed by atoms with E-state index in [0.717, 1.165) is 49.9 Å². The van der Waals surface area contributed by atoms with Gasteiger partial charge in [-0.2, -0.15) is 0 Å². The summed E-state index contributed by atoms with van der Waals surface area (Å²) < 4.78 is 5.59. The largest absolute Gasteiger partial charge is 0.444 e. The van der Waals surface area contributed by atoms with Gasteiger partial charge in [0.15, 0.2) is 5.96 Å². The van der Waals surface area contributed by atoms with Crippen molar-refractivity contribution >= 4 is 11.9 Å². The average molecular weight is 335 g/mol. The summed E-state index contributed by atoms with van der Waals surface area (Å²) in [4.78, 5) is 22.8. The summed E-state index contributed by atoms with van der Waals surface area (Å²) in [6.07, 6.45) is 2.64. The molecule has 0 atom stereocenters. The van der Waals surface area contributed by atoms with Crippen LogP contribution in [0, 0.1) is 19.8 Å². The number of carbonyl (C=O) groups is 1. The van der Waals surface area contributed by atoms with Crippen LogP contribution in [0.5, 0.6) is 0 Å². The smallest absolute Gasteiger partial charge is 0.220 e. The van der Waals surface area contributed by atoms with Crippen LogP contribution in [0.4, 0.5) is 0 Å². The number of hydrogen-bond acceptors (Lipinski definition) is 4. The van der Waals surface area contributed by atoms with Gasteiger partial charge < -0.3 is 20.0 Å². The summed E-state index contributed by atoms with van der Waals surface area (Å²) in [5, 5.41) is 6.04. The average Bonchev–Trinajstić information content (AvgIpc) is 2.90. The van der Waals surface area contributed by atoms with E-state index < -0.39 is 0 Å². The predicted molar refractivity (Wildman–Crippen MR) is 93.8 cm³/mol. The van der Waals surface area contributed by atoms with Crippen LogP contribution in [0.25, 0.3) is 0 Å². The third-order valence-electron chi connectivity index (χ3n) is 4.44. The number of piperidine rings is 1. The summed E-state index contributed by atoms with van der Waals surface area (Å²) in [7, 11) is 1.69. The molecular formula is C17H29N5O2. The van der Waals surface area contributed by atoms with Gasteiger partial charge in [0.05, 0.1) is 5.69 Å². The van der Waals surface area contributed by atoms with Gasteiger partial charge in [0.25, 0.3) is 0 Å². The Morgan fingerprint density at radius 3 is 2.62 bits per heavy atom. The zero-order valence-corrected chi connectivity index (χ0v) is 15.2. The Morgan fingerprint density at radius 2 is 2.08 bits per heavy atom. The SMILES string of the molecule is CCNC(=NCc1nc(C)c(C)o1)N1CCC(CC(=O)NC)CC1. The number of amides is 1. The van der Waals surface area contributed by atoms with Crippen molar-refractivity contribution in [3.63, 3.8) is 0 Å². The zero-order valence-electron chi connectivity index (χ0n) is 15.2. The molecule has 0 aliphatic carbocycles. The molecule has 7 nitrogen and oxygen atoms in total. The molecule has 2 rings (SSSR count). The van der Waals surface area contributed by atoms with E-state index in [2.05, 4.69) is 32.4 Å². The van der Waals surface area contributed by atoms with Crippen molar-refractivity contribution in [2.75, 3.05) is 26.7 Å². The Hall–Kier alpha value is -2.05. The monoisotopic (exact) mass is 335 g/mol. The van der Waals surface area contributed by atoms with Gasteiger partial charge in [-0.05, 0) is 39.5 Å². The first-order valence-electron chi connectivity index (χ1n) is 8.70. The van der Waals surface area contributed by atoms with E-state index in [1.807, 2.05) is 13.8 Å². The van der Waals surface area contributed by atoms with Gasteiger partial charge in [0, 0.05) is 33.1 Å². The zero-order chi connectivity index (χ0) is 17.5. The maximum absolute atomic E-state index is 11.5. The van der Waals surface area contributed by atoms with Crippen LogP contribution in [0.2, 0.25) is 0 Å². The van der Waals surface area contributed by atoms with Gasteiger partial charge in [0.1, 0.15) is 12.3 Å². The predicted octanol–water partition coefficient (Wildman–Crippen LogP) is 1.61. The second-order valence-electron chi connectivity index (χ2n) is 6.23. The number of guanidine groups is 1. The quantitative estimate of drug-likeness (QED) is 0.631. The van der Waals surface area contributed by atoms with E-state index in [4.69, 9.17) is 4.42 Å². The lowest BCUT2D eigenvalue weighted by Crippen LogP contribution is -2.46. The lowest BCUT2D eigenvalue weighted by atomic mass is 9.93. The molecule has 1 aromatic heterocycles. The standard InChI is InChI=1S/C17H29N5O2/c1-5-19-17(20-11-16-21-12(2)13(3)24-16)22-8-6-14(7-9-22)10-15(23)18-4/h14H,5-11H2,1-4H3,(H,18,23)(H,19,20). The van der Waals surface area contributed by atoms with Gasteiger partial charge in [-0.3, -0.25) is 4.79 Å². The van der Waals surface area contributed by atoms with Crippen molar-refractivity contribution < 1.29 is 9.21 Å². The van der Waals surface area contributed by atoms with Crippen LogP contribution in [-0.4, -0.2) is 48.4 Å². The molecule has 0 spiro atoms. The van der Waals surface area contributed by atoms with Crippen LogP contribution < -0.4 is 10.6 Å². The maximum atomic E-state index is 11.5. The molecule has 2 heterocycles. The normalized spacial score (nSPS) is 16.3. The van der Waals surface area contributed by atoms with E-state index in [1.54, 1.807) is 7.05 Å². The van der Waals surface area contributed by atoms with Gasteiger partial charge in [-0.15, -0.1) is 0 Å². The topological polar surface area (TPSA) is 82.8 Å². The minimum Gasteiger partial charge on any atom is -0.444 e. The molecule has 1 saturated heterocycles. The van der Waals surface area contributed by atoms with Crippen LogP contribution in [0.15, 0.2) is 9.41 Å². The van der Waals surface area contributed by atoms with E-state index in [-0.39, 0.29) is 5.91 Å². The summed E-state index contributed by atoms with van der Waals surface area (Å²) in [5.74, 6) is 2.98. The lowest BCUT2D eigenvalue weighted by molar-refractivity contribution is -0.121. The second kappa shape index (κ2) is 8.70. The summed E-state index contributed by atoms with van der Waals surface area (Å²) in [6, 6.07) is 0. The highest BCUT2D eigenvalue weighted by atomic mass is 16.4. The summed E-state index contributed by atoms with van der Waals surface area (Å²) in [6.45, 7) is 9.00. The molecule has 0 bridgehead atoms. The number of carbonyl (C=O) groups excluding carboxylic acids is 1. The van der Waals surface area contributed by atoms with E-state index in [9.17, 15) is 4.79 Å². The first-order valence-corrected chi connectivity index (χ1v) is 8.70. The Morgan fingerprint density at radius 1 is 1.38 bits per heavy atom. The van der Waals surface area contributed by atoms with Crippen molar-refractivity contribution in [2.24, 2.45) is 10.9 Å². The lowest BCUT2D eigenvalue weighted by Gasteiger charge is -2.34. The number of aliphatic imine (C=N–C) groups is 1. The Kier molecular flexibility index (Phi) is 6.63. The first kappa shape index (κ1) is 18.3. The molecular weight excluding hydrogens is 306 g/mol. The fraction of sp³-hybridized carbons (Fsp3) is 0.706. The molecule has 1 amide bonds.